The van der Waals surface area contributed by atoms with Gasteiger partial charge in [-0.15, -0.1) is 0 Å². The highest BCUT2D eigenvalue weighted by molar-refractivity contribution is 5.76. The van der Waals surface area contributed by atoms with Gasteiger partial charge in [0.15, 0.2) is 5.82 Å². The molecule has 1 aliphatic heterocycles. The zero-order valence-corrected chi connectivity index (χ0v) is 13.9. The molecule has 1 fully saturated rings. The van der Waals surface area contributed by atoms with Gasteiger partial charge in [0, 0.05) is 30.9 Å². The average Bonchev–Trinajstić information content (AvgIpc) is 3.23. The van der Waals surface area contributed by atoms with E-state index < -0.39 is 0 Å². The Bertz CT molecular complexity index is 823. The summed E-state index contributed by atoms with van der Waals surface area (Å²) in [7, 11) is 0. The number of fused-ring (bicyclic) bond motifs is 1. The smallest absolute Gasteiger partial charge is 0.151 e. The number of H-pyrrole nitrogens is 1. The van der Waals surface area contributed by atoms with Crippen LogP contribution in [0.1, 0.15) is 37.2 Å². The lowest BCUT2D eigenvalue weighted by Gasteiger charge is -2.31. The number of aromatic amines is 1. The fraction of sp³-hybridized carbons (Fsp3) is 0.444. The number of piperidine rings is 1. The van der Waals surface area contributed by atoms with E-state index in [0.717, 1.165) is 43.9 Å². The molecule has 0 amide bonds. The summed E-state index contributed by atoms with van der Waals surface area (Å²) < 4.78 is 16.2. The standard InChI is InChI=1S/C18H22FN5/c1-2-24-16-7-3-6-14(19)18(16)21-17(24)12-23-10-4-5-13(11-23)15-8-9-20-22-15/h3,6-9,13H,2,4-5,10-12H2,1H3,(H,20,22)/t13-/m0/s1. The van der Waals surface area contributed by atoms with Crippen molar-refractivity contribution in [3.63, 3.8) is 0 Å². The number of imidazole rings is 1. The monoisotopic (exact) mass is 327 g/mol. The molecule has 0 aliphatic carbocycles. The fourth-order valence-electron chi connectivity index (χ4n) is 3.78. The van der Waals surface area contributed by atoms with Gasteiger partial charge in [-0.05, 0) is 44.5 Å². The maximum Gasteiger partial charge on any atom is 0.151 e. The van der Waals surface area contributed by atoms with E-state index in [1.165, 1.54) is 18.2 Å². The predicted molar refractivity (Wildman–Crippen MR) is 91.2 cm³/mol. The van der Waals surface area contributed by atoms with Crippen LogP contribution in [0.25, 0.3) is 11.0 Å². The van der Waals surface area contributed by atoms with Crippen LogP contribution in [0.5, 0.6) is 0 Å². The molecule has 24 heavy (non-hydrogen) atoms. The van der Waals surface area contributed by atoms with Crippen LogP contribution in [0, 0.1) is 5.82 Å². The molecule has 5 nitrogen and oxygen atoms in total. The summed E-state index contributed by atoms with van der Waals surface area (Å²) in [6.07, 6.45) is 4.15. The van der Waals surface area contributed by atoms with Crippen molar-refractivity contribution in [2.45, 2.75) is 38.8 Å². The molecule has 126 valence electrons. The van der Waals surface area contributed by atoms with Crippen molar-refractivity contribution < 1.29 is 4.39 Å². The van der Waals surface area contributed by atoms with E-state index in [1.54, 1.807) is 6.07 Å². The van der Waals surface area contributed by atoms with Gasteiger partial charge in [0.25, 0.3) is 0 Å². The first kappa shape index (κ1) is 15.3. The first-order valence-corrected chi connectivity index (χ1v) is 8.61. The van der Waals surface area contributed by atoms with Crippen molar-refractivity contribution in [1.82, 2.24) is 24.6 Å². The second-order valence-corrected chi connectivity index (χ2v) is 6.47. The number of nitrogens with zero attached hydrogens (tertiary/aromatic N) is 4. The Morgan fingerprint density at radius 2 is 2.25 bits per heavy atom. The largest absolute Gasteiger partial charge is 0.327 e. The Kier molecular flexibility index (Phi) is 4.06. The van der Waals surface area contributed by atoms with Crippen molar-refractivity contribution in [2.75, 3.05) is 13.1 Å². The van der Waals surface area contributed by atoms with Crippen LogP contribution >= 0.6 is 0 Å². The van der Waals surface area contributed by atoms with Crippen LogP contribution in [0.3, 0.4) is 0 Å². The second kappa shape index (κ2) is 6.36. The number of likely N-dealkylation sites (tertiary alicyclic amines) is 1. The highest BCUT2D eigenvalue weighted by atomic mass is 19.1. The number of nitrogens with one attached hydrogen (secondary N) is 1. The summed E-state index contributed by atoms with van der Waals surface area (Å²) in [5.41, 5.74) is 2.57. The van der Waals surface area contributed by atoms with Crippen molar-refractivity contribution >= 4 is 11.0 Å². The Hall–Kier alpha value is -2.21. The van der Waals surface area contributed by atoms with Crippen LogP contribution in [-0.2, 0) is 13.1 Å². The molecular weight excluding hydrogens is 305 g/mol. The van der Waals surface area contributed by atoms with Gasteiger partial charge in [0.05, 0.1) is 12.1 Å². The van der Waals surface area contributed by atoms with E-state index in [2.05, 4.69) is 37.6 Å². The SMILES string of the molecule is CCn1c(CN2CCC[C@H](c3ccn[nH]3)C2)nc2c(F)cccc21. The summed E-state index contributed by atoms with van der Waals surface area (Å²) in [5, 5.41) is 7.17. The van der Waals surface area contributed by atoms with Crippen LogP contribution in [-0.4, -0.2) is 37.7 Å². The average molecular weight is 327 g/mol. The number of rotatable bonds is 4. The summed E-state index contributed by atoms with van der Waals surface area (Å²) >= 11 is 0. The van der Waals surface area contributed by atoms with Gasteiger partial charge in [-0.3, -0.25) is 10.00 Å². The van der Waals surface area contributed by atoms with Crippen molar-refractivity contribution in [3.8, 4) is 0 Å². The normalized spacial score (nSPS) is 19.2. The molecule has 6 heteroatoms. The van der Waals surface area contributed by atoms with Gasteiger partial charge >= 0.3 is 0 Å². The molecular formula is C18H22FN5. The van der Waals surface area contributed by atoms with Gasteiger partial charge < -0.3 is 4.57 Å². The first-order valence-electron chi connectivity index (χ1n) is 8.61. The zero-order valence-electron chi connectivity index (χ0n) is 13.9. The lowest BCUT2D eigenvalue weighted by atomic mass is 9.95. The van der Waals surface area contributed by atoms with E-state index in [1.807, 2.05) is 12.3 Å². The first-order chi connectivity index (χ1) is 11.8. The highest BCUT2D eigenvalue weighted by Crippen LogP contribution is 2.27. The Labute approximate surface area is 140 Å². The van der Waals surface area contributed by atoms with Crippen molar-refractivity contribution in [1.29, 1.82) is 0 Å². The molecule has 0 bridgehead atoms. The maximum absolute atomic E-state index is 14.0. The number of hydrogen-bond donors (Lipinski definition) is 1. The Morgan fingerprint density at radius 1 is 1.33 bits per heavy atom. The summed E-state index contributed by atoms with van der Waals surface area (Å²) in [4.78, 5) is 7.01. The zero-order chi connectivity index (χ0) is 16.5. The molecule has 1 N–H and O–H groups in total. The summed E-state index contributed by atoms with van der Waals surface area (Å²) in [6, 6.07) is 7.24. The molecule has 1 aliphatic rings. The molecule has 0 radical (unpaired) electrons. The molecule has 2 aromatic heterocycles. The third-order valence-electron chi connectivity index (χ3n) is 4.96. The molecule has 1 atom stereocenters. The fourth-order valence-corrected chi connectivity index (χ4v) is 3.78. The third-order valence-corrected chi connectivity index (χ3v) is 4.96. The number of aryl methyl sites for hydroxylation is 1. The predicted octanol–water partition coefficient (Wildman–Crippen LogP) is 3.30. The summed E-state index contributed by atoms with van der Waals surface area (Å²) in [5.74, 6) is 1.19. The lowest BCUT2D eigenvalue weighted by Crippen LogP contribution is -2.34. The minimum atomic E-state index is -0.241. The van der Waals surface area contributed by atoms with Crippen LogP contribution in [0.4, 0.5) is 4.39 Å². The van der Waals surface area contributed by atoms with E-state index in [-0.39, 0.29) is 5.82 Å². The van der Waals surface area contributed by atoms with Gasteiger partial charge in [-0.1, -0.05) is 6.07 Å². The minimum absolute atomic E-state index is 0.241. The highest BCUT2D eigenvalue weighted by Gasteiger charge is 2.24. The minimum Gasteiger partial charge on any atom is -0.327 e. The van der Waals surface area contributed by atoms with E-state index >= 15 is 0 Å². The topological polar surface area (TPSA) is 49.7 Å². The number of benzene rings is 1. The maximum atomic E-state index is 14.0. The van der Waals surface area contributed by atoms with Crippen molar-refractivity contribution in [3.05, 3.63) is 47.8 Å². The van der Waals surface area contributed by atoms with Crippen LogP contribution < -0.4 is 0 Å². The van der Waals surface area contributed by atoms with E-state index in [0.29, 0.717) is 11.4 Å². The lowest BCUT2D eigenvalue weighted by molar-refractivity contribution is 0.192. The molecule has 0 saturated carbocycles. The van der Waals surface area contributed by atoms with Gasteiger partial charge in [-0.2, -0.15) is 5.10 Å². The molecule has 4 rings (SSSR count). The number of halogens is 1. The number of para-hydroxylation sites is 1. The Morgan fingerprint density at radius 3 is 3.04 bits per heavy atom. The van der Waals surface area contributed by atoms with Crippen LogP contribution in [0.15, 0.2) is 30.5 Å². The van der Waals surface area contributed by atoms with Gasteiger partial charge in [0.1, 0.15) is 11.3 Å². The molecule has 1 saturated heterocycles. The van der Waals surface area contributed by atoms with E-state index in [9.17, 15) is 4.39 Å². The number of hydrogen-bond acceptors (Lipinski definition) is 3. The quantitative estimate of drug-likeness (QED) is 0.800. The number of aromatic nitrogens is 4. The molecule has 0 unspecified atom stereocenters. The van der Waals surface area contributed by atoms with Crippen LogP contribution in [0.2, 0.25) is 0 Å². The molecule has 1 aromatic carbocycles. The van der Waals surface area contributed by atoms with Gasteiger partial charge in [-0.25, -0.2) is 9.37 Å². The van der Waals surface area contributed by atoms with Crippen molar-refractivity contribution in [2.24, 2.45) is 0 Å². The third kappa shape index (κ3) is 2.71. The Balaban J connectivity index is 1.58. The van der Waals surface area contributed by atoms with Gasteiger partial charge in [0.2, 0.25) is 0 Å². The van der Waals surface area contributed by atoms with E-state index in [4.69, 9.17) is 0 Å². The second-order valence-electron chi connectivity index (χ2n) is 6.47. The molecule has 3 heterocycles. The summed E-state index contributed by atoms with van der Waals surface area (Å²) in [6.45, 7) is 5.68. The molecule has 0 spiro atoms. The molecule has 3 aromatic rings.